The molecule has 1 fully saturated rings. The summed E-state index contributed by atoms with van der Waals surface area (Å²) in [7, 11) is 0. The van der Waals surface area contributed by atoms with Crippen molar-refractivity contribution < 1.29 is 19.6 Å². The van der Waals surface area contributed by atoms with E-state index in [9.17, 15) is 20.0 Å². The molecule has 7 nitrogen and oxygen atoms in total. The average Bonchev–Trinajstić information content (AvgIpc) is 2.92. The lowest BCUT2D eigenvalue weighted by Crippen LogP contribution is -2.40. The van der Waals surface area contributed by atoms with Gasteiger partial charge in [-0.05, 0) is 25.0 Å². The molecule has 7 heteroatoms. The van der Waals surface area contributed by atoms with Crippen molar-refractivity contribution in [1.82, 2.24) is 5.32 Å². The number of aliphatic hydroxyl groups is 1. The molecule has 0 spiro atoms. The van der Waals surface area contributed by atoms with Crippen LogP contribution in [0.25, 0.3) is 0 Å². The van der Waals surface area contributed by atoms with Crippen molar-refractivity contribution in [3.05, 3.63) is 34.4 Å². The number of non-ortho nitro benzene ring substituents is 1. The van der Waals surface area contributed by atoms with Gasteiger partial charge in [0.15, 0.2) is 6.61 Å². The van der Waals surface area contributed by atoms with E-state index in [1.165, 1.54) is 24.3 Å². The highest BCUT2D eigenvalue weighted by Crippen LogP contribution is 2.25. The minimum atomic E-state index is -0.494. The van der Waals surface area contributed by atoms with E-state index in [0.717, 1.165) is 19.3 Å². The largest absolute Gasteiger partial charge is 0.484 e. The molecular formula is C14H18N2O5. The second-order valence-corrected chi connectivity index (χ2v) is 5.09. The van der Waals surface area contributed by atoms with Crippen LogP contribution >= 0.6 is 0 Å². The summed E-state index contributed by atoms with van der Waals surface area (Å²) in [5.74, 6) is 0.271. The summed E-state index contributed by atoms with van der Waals surface area (Å²) in [5, 5.41) is 22.5. The molecule has 114 valence electrons. The summed E-state index contributed by atoms with van der Waals surface area (Å²) < 4.78 is 5.28. The van der Waals surface area contributed by atoms with E-state index in [0.29, 0.717) is 5.75 Å². The zero-order chi connectivity index (χ0) is 15.2. The number of benzene rings is 1. The first-order chi connectivity index (χ1) is 10.1. The summed E-state index contributed by atoms with van der Waals surface area (Å²) in [5.41, 5.74) is -0.0245. The Morgan fingerprint density at radius 3 is 2.71 bits per heavy atom. The second kappa shape index (κ2) is 7.03. The summed E-state index contributed by atoms with van der Waals surface area (Å²) in [6.45, 7) is -0.0688. The Kier molecular flexibility index (Phi) is 5.10. The molecule has 0 heterocycles. The summed E-state index contributed by atoms with van der Waals surface area (Å²) >= 11 is 0. The number of nitrogens with one attached hydrogen (secondary N) is 1. The Morgan fingerprint density at radius 1 is 1.38 bits per heavy atom. The first kappa shape index (κ1) is 15.2. The third-order valence-electron chi connectivity index (χ3n) is 3.66. The van der Waals surface area contributed by atoms with E-state index in [1.807, 2.05) is 0 Å². The van der Waals surface area contributed by atoms with E-state index >= 15 is 0 Å². The van der Waals surface area contributed by atoms with E-state index in [4.69, 9.17) is 4.74 Å². The number of hydrogen-bond acceptors (Lipinski definition) is 5. The van der Waals surface area contributed by atoms with Crippen LogP contribution in [0.15, 0.2) is 24.3 Å². The lowest BCUT2D eigenvalue weighted by atomic mass is 10.1. The van der Waals surface area contributed by atoms with Gasteiger partial charge in [-0.15, -0.1) is 0 Å². The van der Waals surface area contributed by atoms with Gasteiger partial charge in [-0.2, -0.15) is 0 Å². The number of carbonyl (C=O) groups is 1. The fourth-order valence-electron chi connectivity index (χ4n) is 2.51. The van der Waals surface area contributed by atoms with Gasteiger partial charge in [-0.25, -0.2) is 0 Å². The SMILES string of the molecule is O=C(COc1ccc([N+](=O)[O-])cc1)NC1CCCC1CO. The van der Waals surface area contributed by atoms with Crippen LogP contribution in [0.5, 0.6) is 5.75 Å². The number of amides is 1. The lowest BCUT2D eigenvalue weighted by molar-refractivity contribution is -0.384. The number of rotatable bonds is 6. The summed E-state index contributed by atoms with van der Waals surface area (Å²) in [6.07, 6.45) is 2.79. The number of ether oxygens (including phenoxy) is 1. The van der Waals surface area contributed by atoms with Gasteiger partial charge < -0.3 is 15.2 Å². The number of aliphatic hydroxyl groups excluding tert-OH is 1. The third kappa shape index (κ3) is 4.16. The number of hydrogen-bond donors (Lipinski definition) is 2. The number of nitro benzene ring substituents is 1. The Hall–Kier alpha value is -2.15. The second-order valence-electron chi connectivity index (χ2n) is 5.09. The van der Waals surface area contributed by atoms with Crippen molar-refractivity contribution in [1.29, 1.82) is 0 Å². The van der Waals surface area contributed by atoms with Crippen LogP contribution in [-0.4, -0.2) is 35.2 Å². The van der Waals surface area contributed by atoms with Crippen molar-refractivity contribution in [3.63, 3.8) is 0 Å². The van der Waals surface area contributed by atoms with E-state index in [1.54, 1.807) is 0 Å². The topological polar surface area (TPSA) is 102 Å². The Bertz CT molecular complexity index is 503. The summed E-state index contributed by atoms with van der Waals surface area (Å²) in [6, 6.07) is 5.57. The molecule has 0 radical (unpaired) electrons. The molecule has 0 aliphatic heterocycles. The zero-order valence-corrected chi connectivity index (χ0v) is 11.5. The lowest BCUT2D eigenvalue weighted by Gasteiger charge is -2.19. The van der Waals surface area contributed by atoms with Crippen LogP contribution in [0.2, 0.25) is 0 Å². The Morgan fingerprint density at radius 2 is 2.10 bits per heavy atom. The molecular weight excluding hydrogens is 276 g/mol. The van der Waals surface area contributed by atoms with Crippen molar-refractivity contribution in [3.8, 4) is 5.75 Å². The molecule has 21 heavy (non-hydrogen) atoms. The van der Waals surface area contributed by atoms with Crippen LogP contribution in [0, 0.1) is 16.0 Å². The minimum Gasteiger partial charge on any atom is -0.484 e. The highest BCUT2D eigenvalue weighted by Gasteiger charge is 2.27. The molecule has 0 aromatic heterocycles. The molecule has 0 bridgehead atoms. The molecule has 2 N–H and O–H groups in total. The molecule has 1 saturated carbocycles. The van der Waals surface area contributed by atoms with Gasteiger partial charge in [-0.1, -0.05) is 6.42 Å². The number of nitro groups is 1. The predicted molar refractivity (Wildman–Crippen MR) is 74.9 cm³/mol. The molecule has 1 aliphatic rings. The molecule has 1 aromatic rings. The standard InChI is InChI=1S/C14H18N2O5/c17-8-10-2-1-3-13(10)15-14(18)9-21-12-6-4-11(5-7-12)16(19)20/h4-7,10,13,17H,1-3,8-9H2,(H,15,18). The van der Waals surface area contributed by atoms with Crippen LogP contribution in [0.4, 0.5) is 5.69 Å². The maximum atomic E-state index is 11.8. The van der Waals surface area contributed by atoms with Gasteiger partial charge in [0, 0.05) is 30.7 Å². The zero-order valence-electron chi connectivity index (χ0n) is 11.5. The fourth-order valence-corrected chi connectivity index (χ4v) is 2.51. The molecule has 0 saturated heterocycles. The third-order valence-corrected chi connectivity index (χ3v) is 3.66. The van der Waals surface area contributed by atoms with Crippen molar-refractivity contribution >= 4 is 11.6 Å². The molecule has 2 atom stereocenters. The van der Waals surface area contributed by atoms with Gasteiger partial charge in [0.2, 0.25) is 0 Å². The smallest absolute Gasteiger partial charge is 0.269 e. The monoisotopic (exact) mass is 294 g/mol. The van der Waals surface area contributed by atoms with Crippen LogP contribution in [-0.2, 0) is 4.79 Å². The van der Waals surface area contributed by atoms with Crippen molar-refractivity contribution in [2.24, 2.45) is 5.92 Å². The van der Waals surface area contributed by atoms with Gasteiger partial charge in [0.05, 0.1) is 4.92 Å². The minimum absolute atomic E-state index is 0.00274. The van der Waals surface area contributed by atoms with Crippen molar-refractivity contribution in [2.45, 2.75) is 25.3 Å². The van der Waals surface area contributed by atoms with Crippen molar-refractivity contribution in [2.75, 3.05) is 13.2 Å². The molecule has 2 rings (SSSR count). The summed E-state index contributed by atoms with van der Waals surface area (Å²) in [4.78, 5) is 21.8. The fraction of sp³-hybridized carbons (Fsp3) is 0.500. The van der Waals surface area contributed by atoms with E-state index < -0.39 is 4.92 Å². The van der Waals surface area contributed by atoms with E-state index in [-0.39, 0.29) is 36.8 Å². The Balaban J connectivity index is 1.79. The van der Waals surface area contributed by atoms with Gasteiger partial charge in [0.1, 0.15) is 5.75 Å². The maximum absolute atomic E-state index is 11.8. The Labute approximate surface area is 122 Å². The highest BCUT2D eigenvalue weighted by molar-refractivity contribution is 5.77. The highest BCUT2D eigenvalue weighted by atomic mass is 16.6. The van der Waals surface area contributed by atoms with Crippen LogP contribution < -0.4 is 10.1 Å². The normalized spacial score (nSPS) is 21.0. The number of nitrogens with zero attached hydrogens (tertiary/aromatic N) is 1. The quantitative estimate of drug-likeness (QED) is 0.607. The first-order valence-corrected chi connectivity index (χ1v) is 6.87. The average molecular weight is 294 g/mol. The number of carbonyl (C=O) groups excluding carboxylic acids is 1. The first-order valence-electron chi connectivity index (χ1n) is 6.87. The van der Waals surface area contributed by atoms with Gasteiger partial charge in [0.25, 0.3) is 11.6 Å². The molecule has 1 amide bonds. The van der Waals surface area contributed by atoms with E-state index in [2.05, 4.69) is 5.32 Å². The van der Waals surface area contributed by atoms with Gasteiger partial charge in [-0.3, -0.25) is 14.9 Å². The predicted octanol–water partition coefficient (Wildman–Crippen LogP) is 1.25. The molecule has 1 aliphatic carbocycles. The van der Waals surface area contributed by atoms with Crippen LogP contribution in [0.3, 0.4) is 0 Å². The maximum Gasteiger partial charge on any atom is 0.269 e. The van der Waals surface area contributed by atoms with Crippen LogP contribution in [0.1, 0.15) is 19.3 Å². The molecule has 2 unspecified atom stereocenters. The molecule has 1 aromatic carbocycles. The van der Waals surface area contributed by atoms with Gasteiger partial charge >= 0.3 is 0 Å².